The van der Waals surface area contributed by atoms with Crippen LogP contribution in [0.15, 0.2) is 18.2 Å². The molecule has 0 atom stereocenters. The summed E-state index contributed by atoms with van der Waals surface area (Å²) in [7, 11) is 0. The second-order valence-electron chi connectivity index (χ2n) is 4.98. The summed E-state index contributed by atoms with van der Waals surface area (Å²) in [6.07, 6.45) is 0.242. The third kappa shape index (κ3) is 3.06. The van der Waals surface area contributed by atoms with E-state index in [0.29, 0.717) is 13.2 Å². The number of ether oxygens (including phenoxy) is 1. The van der Waals surface area contributed by atoms with Crippen molar-refractivity contribution in [3.8, 4) is 0 Å². The molecular formula is C15H16F2N2OS. The number of aryl methyl sites for hydroxylation is 1. The molecule has 2 aromatic rings. The third-order valence-electron chi connectivity index (χ3n) is 3.56. The first-order valence-corrected chi connectivity index (χ1v) is 7.68. The normalized spacial score (nSPS) is 15.5. The maximum atomic E-state index is 13.7. The molecule has 3 rings (SSSR count). The van der Waals surface area contributed by atoms with Crippen LogP contribution >= 0.6 is 11.3 Å². The first kappa shape index (κ1) is 14.4. The number of halogens is 2. The molecule has 0 bridgehead atoms. The Morgan fingerprint density at radius 1 is 1.24 bits per heavy atom. The van der Waals surface area contributed by atoms with Crippen LogP contribution in [-0.4, -0.2) is 31.3 Å². The molecule has 1 aliphatic heterocycles. The quantitative estimate of drug-likeness (QED) is 0.871. The molecule has 0 spiro atoms. The van der Waals surface area contributed by atoms with Crippen LogP contribution in [0.2, 0.25) is 0 Å². The number of hydrogen-bond acceptors (Lipinski definition) is 4. The summed E-state index contributed by atoms with van der Waals surface area (Å²) < 4.78 is 32.8. The van der Waals surface area contributed by atoms with E-state index in [9.17, 15) is 8.78 Å². The zero-order valence-corrected chi connectivity index (χ0v) is 12.6. The monoisotopic (exact) mass is 310 g/mol. The van der Waals surface area contributed by atoms with E-state index in [1.807, 2.05) is 6.92 Å². The summed E-state index contributed by atoms with van der Waals surface area (Å²) in [5.41, 5.74) is 0.946. The van der Waals surface area contributed by atoms with Crippen LogP contribution in [0.1, 0.15) is 16.1 Å². The highest BCUT2D eigenvalue weighted by Crippen LogP contribution is 2.29. The summed E-state index contributed by atoms with van der Waals surface area (Å²) in [6.45, 7) is 4.88. The van der Waals surface area contributed by atoms with Gasteiger partial charge in [0.05, 0.1) is 18.9 Å². The molecule has 6 heteroatoms. The molecule has 1 aliphatic rings. The summed E-state index contributed by atoms with van der Waals surface area (Å²) in [5, 5.41) is 0.905. The van der Waals surface area contributed by atoms with Crippen molar-refractivity contribution < 1.29 is 13.5 Å². The minimum absolute atomic E-state index is 0.109. The Bertz CT molecular complexity index is 618. The maximum Gasteiger partial charge on any atom is 0.185 e. The minimum Gasteiger partial charge on any atom is -0.378 e. The van der Waals surface area contributed by atoms with Crippen molar-refractivity contribution in [2.75, 3.05) is 31.2 Å². The van der Waals surface area contributed by atoms with Gasteiger partial charge >= 0.3 is 0 Å². The molecule has 1 fully saturated rings. The standard InChI is InChI=1S/C15H16F2N2OS/c1-10-14(9-11-12(16)3-2-4-13(11)17)21-15(18-10)19-5-7-20-8-6-19/h2-4H,5-9H2,1H3. The van der Waals surface area contributed by atoms with E-state index < -0.39 is 11.6 Å². The van der Waals surface area contributed by atoms with Gasteiger partial charge in [0.25, 0.3) is 0 Å². The van der Waals surface area contributed by atoms with Crippen molar-refractivity contribution in [2.45, 2.75) is 13.3 Å². The zero-order chi connectivity index (χ0) is 14.8. The van der Waals surface area contributed by atoms with E-state index in [4.69, 9.17) is 4.74 Å². The minimum atomic E-state index is -0.504. The lowest BCUT2D eigenvalue weighted by Crippen LogP contribution is -2.36. The Morgan fingerprint density at radius 3 is 2.57 bits per heavy atom. The summed E-state index contributed by atoms with van der Waals surface area (Å²) in [4.78, 5) is 7.59. The van der Waals surface area contributed by atoms with E-state index in [1.54, 1.807) is 0 Å². The average Bonchev–Trinajstić information content (AvgIpc) is 2.85. The fraction of sp³-hybridized carbons (Fsp3) is 0.400. The second kappa shape index (κ2) is 6.07. The number of nitrogens with zero attached hydrogens (tertiary/aromatic N) is 2. The van der Waals surface area contributed by atoms with Crippen LogP contribution in [0.3, 0.4) is 0 Å². The van der Waals surface area contributed by atoms with E-state index in [-0.39, 0.29) is 12.0 Å². The Morgan fingerprint density at radius 2 is 1.90 bits per heavy atom. The number of anilines is 1. The van der Waals surface area contributed by atoms with Crippen LogP contribution in [0.5, 0.6) is 0 Å². The Hall–Kier alpha value is -1.53. The highest BCUT2D eigenvalue weighted by Gasteiger charge is 2.18. The highest BCUT2D eigenvalue weighted by molar-refractivity contribution is 7.15. The lowest BCUT2D eigenvalue weighted by molar-refractivity contribution is 0.122. The first-order valence-electron chi connectivity index (χ1n) is 6.87. The van der Waals surface area contributed by atoms with Gasteiger partial charge in [0.15, 0.2) is 5.13 Å². The molecule has 0 aliphatic carbocycles. The van der Waals surface area contributed by atoms with Crippen LogP contribution < -0.4 is 4.90 Å². The van der Waals surface area contributed by atoms with Gasteiger partial charge in [-0.15, -0.1) is 11.3 Å². The van der Waals surface area contributed by atoms with Gasteiger partial charge in [0.1, 0.15) is 11.6 Å². The van der Waals surface area contributed by atoms with Gasteiger partial charge in [-0.3, -0.25) is 0 Å². The van der Waals surface area contributed by atoms with Crippen LogP contribution in [0.4, 0.5) is 13.9 Å². The number of hydrogen-bond donors (Lipinski definition) is 0. The van der Waals surface area contributed by atoms with Crippen LogP contribution in [0, 0.1) is 18.6 Å². The molecule has 0 unspecified atom stereocenters. The number of rotatable bonds is 3. The van der Waals surface area contributed by atoms with Gasteiger partial charge in [-0.05, 0) is 19.1 Å². The van der Waals surface area contributed by atoms with Gasteiger partial charge in [-0.2, -0.15) is 0 Å². The van der Waals surface area contributed by atoms with Crippen molar-refractivity contribution >= 4 is 16.5 Å². The van der Waals surface area contributed by atoms with E-state index >= 15 is 0 Å². The molecule has 3 nitrogen and oxygen atoms in total. The fourth-order valence-corrected chi connectivity index (χ4v) is 3.45. The lowest BCUT2D eigenvalue weighted by atomic mass is 10.1. The molecule has 0 amide bonds. The van der Waals surface area contributed by atoms with Gasteiger partial charge in [0, 0.05) is 30.0 Å². The zero-order valence-electron chi connectivity index (χ0n) is 11.7. The number of morpholine rings is 1. The van der Waals surface area contributed by atoms with Crippen molar-refractivity contribution in [1.29, 1.82) is 0 Å². The predicted octanol–water partition coefficient (Wildman–Crippen LogP) is 3.16. The van der Waals surface area contributed by atoms with Gasteiger partial charge < -0.3 is 9.64 Å². The van der Waals surface area contributed by atoms with Crippen molar-refractivity contribution in [3.63, 3.8) is 0 Å². The Kier molecular flexibility index (Phi) is 4.17. The number of aromatic nitrogens is 1. The molecule has 1 saturated heterocycles. The molecule has 0 radical (unpaired) electrons. The topological polar surface area (TPSA) is 25.4 Å². The molecule has 2 heterocycles. The summed E-state index contributed by atoms with van der Waals surface area (Å²) >= 11 is 1.50. The van der Waals surface area contributed by atoms with Crippen molar-refractivity contribution in [2.24, 2.45) is 0 Å². The predicted molar refractivity (Wildman–Crippen MR) is 79.0 cm³/mol. The maximum absolute atomic E-state index is 13.7. The largest absolute Gasteiger partial charge is 0.378 e. The molecule has 112 valence electrons. The van der Waals surface area contributed by atoms with Gasteiger partial charge in [-0.1, -0.05) is 6.07 Å². The third-order valence-corrected chi connectivity index (χ3v) is 4.78. The van der Waals surface area contributed by atoms with Crippen LogP contribution in [-0.2, 0) is 11.2 Å². The molecule has 0 saturated carbocycles. The van der Waals surface area contributed by atoms with Crippen molar-refractivity contribution in [1.82, 2.24) is 4.98 Å². The molecule has 0 N–H and O–H groups in total. The number of benzene rings is 1. The smallest absolute Gasteiger partial charge is 0.185 e. The van der Waals surface area contributed by atoms with E-state index in [1.165, 1.54) is 29.5 Å². The lowest BCUT2D eigenvalue weighted by Gasteiger charge is -2.26. The first-order chi connectivity index (χ1) is 10.1. The second-order valence-corrected chi connectivity index (χ2v) is 6.04. The van der Waals surface area contributed by atoms with Crippen LogP contribution in [0.25, 0.3) is 0 Å². The highest BCUT2D eigenvalue weighted by atomic mass is 32.1. The van der Waals surface area contributed by atoms with Gasteiger partial charge in [0.2, 0.25) is 0 Å². The van der Waals surface area contributed by atoms with E-state index in [0.717, 1.165) is 28.8 Å². The Balaban J connectivity index is 1.84. The van der Waals surface area contributed by atoms with Crippen molar-refractivity contribution in [3.05, 3.63) is 46.0 Å². The summed E-state index contributed by atoms with van der Waals surface area (Å²) in [5.74, 6) is -1.01. The summed E-state index contributed by atoms with van der Waals surface area (Å²) in [6, 6.07) is 3.96. The van der Waals surface area contributed by atoms with E-state index in [2.05, 4.69) is 9.88 Å². The Labute approximate surface area is 126 Å². The van der Waals surface area contributed by atoms with Gasteiger partial charge in [-0.25, -0.2) is 13.8 Å². The SMILES string of the molecule is Cc1nc(N2CCOCC2)sc1Cc1c(F)cccc1F. The average molecular weight is 310 g/mol. The fourth-order valence-electron chi connectivity index (χ4n) is 2.33. The number of thiazole rings is 1. The molecule has 21 heavy (non-hydrogen) atoms. The molecular weight excluding hydrogens is 294 g/mol. The molecule has 1 aromatic heterocycles. The molecule has 1 aromatic carbocycles.